The number of fused-ring (bicyclic) bond motifs is 3. The van der Waals surface area contributed by atoms with E-state index in [0.29, 0.717) is 34.2 Å². The molecule has 32 heavy (non-hydrogen) atoms. The number of nitrogens with zero attached hydrogens (tertiary/aromatic N) is 2. The Morgan fingerprint density at radius 3 is 2.59 bits per heavy atom. The maximum Gasteiger partial charge on any atom is 0.255 e. The van der Waals surface area contributed by atoms with Gasteiger partial charge in [-0.2, -0.15) is 0 Å². The molecule has 5 rings (SSSR count). The van der Waals surface area contributed by atoms with Crippen LogP contribution in [-0.4, -0.2) is 22.6 Å². The third-order valence-corrected chi connectivity index (χ3v) is 5.63. The van der Waals surface area contributed by atoms with Gasteiger partial charge in [0.15, 0.2) is 0 Å². The fourth-order valence-corrected chi connectivity index (χ4v) is 4.19. The number of halogens is 1. The van der Waals surface area contributed by atoms with Crippen molar-refractivity contribution in [2.45, 2.75) is 13.0 Å². The smallest absolute Gasteiger partial charge is 0.255 e. The lowest BCUT2D eigenvalue weighted by atomic mass is 9.93. The van der Waals surface area contributed by atoms with Gasteiger partial charge in [0.05, 0.1) is 35.4 Å². The van der Waals surface area contributed by atoms with Crippen LogP contribution >= 0.6 is 0 Å². The molecule has 2 N–H and O–H groups in total. The predicted octanol–water partition coefficient (Wildman–Crippen LogP) is 5.11. The SMILES string of the molecule is COc1ccccc1NC(=O)C1=C(C)Nc2nc3ccccc3n2[C@H]1c1ccccc1F. The zero-order valence-corrected chi connectivity index (χ0v) is 17.6. The second-order valence-electron chi connectivity index (χ2n) is 7.54. The van der Waals surface area contributed by atoms with Crippen molar-refractivity contribution in [1.82, 2.24) is 9.55 Å². The molecule has 6 nitrogen and oxygen atoms in total. The fraction of sp³-hybridized carbons (Fsp3) is 0.120. The van der Waals surface area contributed by atoms with Gasteiger partial charge >= 0.3 is 0 Å². The van der Waals surface area contributed by atoms with Crippen molar-refractivity contribution >= 4 is 28.6 Å². The number of allylic oxidation sites excluding steroid dienone is 1. The molecule has 0 saturated carbocycles. The minimum Gasteiger partial charge on any atom is -0.495 e. The molecule has 0 bridgehead atoms. The Labute approximate surface area is 184 Å². The molecule has 1 amide bonds. The molecule has 0 unspecified atom stereocenters. The van der Waals surface area contributed by atoms with Crippen LogP contribution in [0.1, 0.15) is 18.5 Å². The summed E-state index contributed by atoms with van der Waals surface area (Å²) in [6, 6.07) is 20.6. The Hall–Kier alpha value is -4.13. The van der Waals surface area contributed by atoms with Crippen molar-refractivity contribution in [3.05, 3.63) is 95.4 Å². The van der Waals surface area contributed by atoms with Gasteiger partial charge in [0.25, 0.3) is 5.91 Å². The first-order valence-corrected chi connectivity index (χ1v) is 10.2. The number of hydrogen-bond donors (Lipinski definition) is 2. The fourth-order valence-electron chi connectivity index (χ4n) is 4.19. The summed E-state index contributed by atoms with van der Waals surface area (Å²) in [4.78, 5) is 18.2. The average molecular weight is 428 g/mol. The third-order valence-electron chi connectivity index (χ3n) is 5.63. The molecule has 0 radical (unpaired) electrons. The van der Waals surface area contributed by atoms with Gasteiger partial charge in [0.1, 0.15) is 11.6 Å². The van der Waals surface area contributed by atoms with Gasteiger partial charge in [0, 0.05) is 11.3 Å². The molecule has 2 heterocycles. The topological polar surface area (TPSA) is 68.2 Å². The Morgan fingerprint density at radius 2 is 1.78 bits per heavy atom. The maximum atomic E-state index is 15.1. The van der Waals surface area contributed by atoms with Crippen LogP contribution in [0.2, 0.25) is 0 Å². The highest BCUT2D eigenvalue weighted by Gasteiger charge is 2.35. The lowest BCUT2D eigenvalue weighted by Gasteiger charge is -2.31. The molecule has 0 fully saturated rings. The van der Waals surface area contributed by atoms with E-state index in [9.17, 15) is 4.79 Å². The number of methoxy groups -OCH3 is 1. The number of para-hydroxylation sites is 4. The van der Waals surface area contributed by atoms with E-state index >= 15 is 4.39 Å². The summed E-state index contributed by atoms with van der Waals surface area (Å²) in [6.07, 6.45) is 0. The molecule has 1 aliphatic rings. The van der Waals surface area contributed by atoms with Crippen LogP contribution in [0.4, 0.5) is 16.0 Å². The molecule has 1 aliphatic heterocycles. The van der Waals surface area contributed by atoms with Crippen molar-refractivity contribution in [2.75, 3.05) is 17.7 Å². The molecule has 0 saturated heterocycles. The number of carbonyl (C=O) groups excluding carboxylic acids is 1. The lowest BCUT2D eigenvalue weighted by molar-refractivity contribution is -0.113. The number of hydrogen-bond acceptors (Lipinski definition) is 4. The molecule has 7 heteroatoms. The van der Waals surface area contributed by atoms with E-state index in [0.717, 1.165) is 11.0 Å². The minimum atomic E-state index is -0.699. The number of rotatable bonds is 4. The van der Waals surface area contributed by atoms with Crippen LogP contribution in [0.5, 0.6) is 5.75 Å². The predicted molar refractivity (Wildman–Crippen MR) is 122 cm³/mol. The van der Waals surface area contributed by atoms with Gasteiger partial charge in [-0.1, -0.05) is 42.5 Å². The first kappa shape index (κ1) is 19.8. The molecule has 160 valence electrons. The summed E-state index contributed by atoms with van der Waals surface area (Å²) >= 11 is 0. The van der Waals surface area contributed by atoms with Gasteiger partial charge in [-0.3, -0.25) is 9.36 Å². The summed E-state index contributed by atoms with van der Waals surface area (Å²) in [7, 11) is 1.55. The summed E-state index contributed by atoms with van der Waals surface area (Å²) in [5.74, 6) is 0.361. The normalized spacial score (nSPS) is 15.3. The third kappa shape index (κ3) is 3.19. The van der Waals surface area contributed by atoms with Crippen LogP contribution in [0.3, 0.4) is 0 Å². The van der Waals surface area contributed by atoms with Crippen molar-refractivity contribution in [2.24, 2.45) is 0 Å². The summed E-state index contributed by atoms with van der Waals surface area (Å²) in [5.41, 5.74) is 3.50. The van der Waals surface area contributed by atoms with Crippen LogP contribution in [0.15, 0.2) is 84.1 Å². The average Bonchev–Trinajstić information content (AvgIpc) is 3.16. The Balaban J connectivity index is 1.68. The standard InChI is InChI=1S/C25H21FN4O2/c1-15-22(24(31)28-19-12-6-8-14-21(19)32-2)23(16-9-3-4-10-17(16)26)30-20-13-7-5-11-18(20)29-25(30)27-15/h3-14,23H,1-2H3,(H,27,29)(H,28,31)/t23-/m0/s1. The van der Waals surface area contributed by atoms with Crippen LogP contribution in [0, 0.1) is 5.82 Å². The van der Waals surface area contributed by atoms with Gasteiger partial charge in [-0.25, -0.2) is 9.37 Å². The van der Waals surface area contributed by atoms with Crippen molar-refractivity contribution in [3.63, 3.8) is 0 Å². The van der Waals surface area contributed by atoms with Crippen LogP contribution < -0.4 is 15.4 Å². The Bertz CT molecular complexity index is 1380. The number of carbonyl (C=O) groups is 1. The van der Waals surface area contributed by atoms with Gasteiger partial charge in [0.2, 0.25) is 5.95 Å². The number of nitrogens with one attached hydrogen (secondary N) is 2. The largest absolute Gasteiger partial charge is 0.495 e. The van der Waals surface area contributed by atoms with Crippen molar-refractivity contribution in [3.8, 4) is 5.75 Å². The van der Waals surface area contributed by atoms with E-state index in [1.165, 1.54) is 6.07 Å². The number of benzene rings is 3. The minimum absolute atomic E-state index is 0.351. The number of anilines is 2. The molecule has 0 aliphatic carbocycles. The van der Waals surface area contributed by atoms with Crippen LogP contribution in [0.25, 0.3) is 11.0 Å². The first-order valence-electron chi connectivity index (χ1n) is 10.2. The molecule has 1 atom stereocenters. The van der Waals surface area contributed by atoms with E-state index in [-0.39, 0.29) is 5.91 Å². The van der Waals surface area contributed by atoms with E-state index in [1.54, 1.807) is 44.4 Å². The van der Waals surface area contributed by atoms with E-state index in [1.807, 2.05) is 41.0 Å². The Kier molecular flexibility index (Phi) is 4.86. The quantitative estimate of drug-likeness (QED) is 0.474. The van der Waals surface area contributed by atoms with Gasteiger partial charge in [-0.05, 0) is 37.3 Å². The second-order valence-corrected chi connectivity index (χ2v) is 7.54. The summed E-state index contributed by atoms with van der Waals surface area (Å²) in [5, 5.41) is 6.16. The first-order chi connectivity index (χ1) is 15.6. The van der Waals surface area contributed by atoms with Gasteiger partial charge in [-0.15, -0.1) is 0 Å². The molecule has 3 aromatic carbocycles. The zero-order chi connectivity index (χ0) is 22.2. The van der Waals surface area contributed by atoms with E-state index in [2.05, 4.69) is 15.6 Å². The second kappa shape index (κ2) is 7.85. The van der Waals surface area contributed by atoms with Crippen LogP contribution in [-0.2, 0) is 4.79 Å². The molecule has 0 spiro atoms. The molecular formula is C25H21FN4O2. The highest BCUT2D eigenvalue weighted by molar-refractivity contribution is 6.07. The van der Waals surface area contributed by atoms with E-state index < -0.39 is 11.9 Å². The molecule has 1 aromatic heterocycles. The number of amides is 1. The number of imidazole rings is 1. The number of ether oxygens (including phenoxy) is 1. The maximum absolute atomic E-state index is 15.1. The molecular weight excluding hydrogens is 407 g/mol. The molecule has 4 aromatic rings. The van der Waals surface area contributed by atoms with E-state index in [4.69, 9.17) is 4.74 Å². The van der Waals surface area contributed by atoms with Crippen molar-refractivity contribution < 1.29 is 13.9 Å². The Morgan fingerprint density at radius 1 is 1.06 bits per heavy atom. The lowest BCUT2D eigenvalue weighted by Crippen LogP contribution is -2.31. The highest BCUT2D eigenvalue weighted by atomic mass is 19.1. The monoisotopic (exact) mass is 428 g/mol. The summed E-state index contributed by atoms with van der Waals surface area (Å²) in [6.45, 7) is 1.80. The highest BCUT2D eigenvalue weighted by Crippen LogP contribution is 2.40. The number of aromatic nitrogens is 2. The van der Waals surface area contributed by atoms with Gasteiger partial charge < -0.3 is 15.4 Å². The zero-order valence-electron chi connectivity index (χ0n) is 17.6. The van der Waals surface area contributed by atoms with Crippen molar-refractivity contribution in [1.29, 1.82) is 0 Å². The summed E-state index contributed by atoms with van der Waals surface area (Å²) < 4.78 is 22.3.